The molecule has 42 valence electrons. The molecule has 1 fully saturated rings. The zero-order chi connectivity index (χ0) is 5.11. The summed E-state index contributed by atoms with van der Waals surface area (Å²) in [7, 11) is 0. The number of β-amino-alcohol motifs (C(OH)–C–C–N with tert-alkyl or cyclic N) is 1. The first-order valence-electron chi connectivity index (χ1n) is 2.40. The van der Waals surface area contributed by atoms with Gasteiger partial charge in [-0.15, -0.1) is 11.8 Å². The Morgan fingerprint density at radius 1 is 1.71 bits per heavy atom. The van der Waals surface area contributed by atoms with E-state index in [1.165, 1.54) is 0 Å². The quantitative estimate of drug-likeness (QED) is 0.457. The van der Waals surface area contributed by atoms with E-state index in [1.54, 1.807) is 11.8 Å². The second-order valence-electron chi connectivity index (χ2n) is 1.53. The van der Waals surface area contributed by atoms with Crippen LogP contribution in [0, 0.1) is 0 Å². The van der Waals surface area contributed by atoms with Crippen molar-refractivity contribution in [3.63, 3.8) is 0 Å². The minimum Gasteiger partial charge on any atom is -0.381 e. The molecular formula is C4H9NOS. The Labute approximate surface area is 47.3 Å². The molecule has 0 saturated carbocycles. The lowest BCUT2D eigenvalue weighted by Gasteiger charge is -2.16. The highest BCUT2D eigenvalue weighted by Gasteiger charge is 2.07. The number of hydrogen-bond acceptors (Lipinski definition) is 3. The van der Waals surface area contributed by atoms with Gasteiger partial charge in [0.05, 0.1) is 0 Å². The van der Waals surface area contributed by atoms with Crippen molar-refractivity contribution in [3.05, 3.63) is 0 Å². The van der Waals surface area contributed by atoms with Crippen molar-refractivity contribution in [3.8, 4) is 0 Å². The molecule has 1 aliphatic heterocycles. The van der Waals surface area contributed by atoms with Crippen LogP contribution in [0.2, 0.25) is 0 Å². The van der Waals surface area contributed by atoms with Crippen molar-refractivity contribution in [1.82, 2.24) is 5.32 Å². The van der Waals surface area contributed by atoms with Gasteiger partial charge in [0.25, 0.3) is 0 Å². The topological polar surface area (TPSA) is 32.3 Å². The molecule has 1 rings (SSSR count). The molecule has 1 aliphatic rings. The third-order valence-corrected chi connectivity index (χ3v) is 1.90. The number of aliphatic hydroxyl groups excluding tert-OH is 1. The summed E-state index contributed by atoms with van der Waals surface area (Å²) in [4.78, 5) is 0. The SMILES string of the molecule is O[C@@H]1CNCCS1. The second kappa shape index (κ2) is 2.55. The van der Waals surface area contributed by atoms with Crippen LogP contribution in [0.1, 0.15) is 0 Å². The van der Waals surface area contributed by atoms with Crippen LogP contribution in [0.15, 0.2) is 0 Å². The number of hydrogen-bond donors (Lipinski definition) is 2. The van der Waals surface area contributed by atoms with E-state index in [2.05, 4.69) is 5.32 Å². The fourth-order valence-electron chi connectivity index (χ4n) is 0.552. The first kappa shape index (κ1) is 5.41. The van der Waals surface area contributed by atoms with Crippen LogP contribution in [0.5, 0.6) is 0 Å². The summed E-state index contributed by atoms with van der Waals surface area (Å²) < 4.78 is 0. The minimum atomic E-state index is -0.159. The zero-order valence-corrected chi connectivity index (χ0v) is 4.87. The number of thioether (sulfide) groups is 1. The van der Waals surface area contributed by atoms with Crippen LogP contribution >= 0.6 is 11.8 Å². The van der Waals surface area contributed by atoms with Crippen LogP contribution in [0.4, 0.5) is 0 Å². The molecule has 1 atom stereocenters. The highest BCUT2D eigenvalue weighted by Crippen LogP contribution is 2.08. The van der Waals surface area contributed by atoms with Crippen molar-refractivity contribution in [2.75, 3.05) is 18.8 Å². The number of nitrogens with one attached hydrogen (secondary N) is 1. The first-order chi connectivity index (χ1) is 3.39. The molecule has 2 N–H and O–H groups in total. The molecule has 0 bridgehead atoms. The van der Waals surface area contributed by atoms with Crippen molar-refractivity contribution in [2.24, 2.45) is 0 Å². The Morgan fingerprint density at radius 2 is 2.57 bits per heavy atom. The van der Waals surface area contributed by atoms with E-state index >= 15 is 0 Å². The third-order valence-electron chi connectivity index (χ3n) is 0.908. The van der Waals surface area contributed by atoms with Crippen molar-refractivity contribution in [1.29, 1.82) is 0 Å². The molecule has 0 aliphatic carbocycles. The maximum Gasteiger partial charge on any atom is 0.112 e. The highest BCUT2D eigenvalue weighted by atomic mass is 32.2. The van der Waals surface area contributed by atoms with Gasteiger partial charge in [-0.3, -0.25) is 0 Å². The van der Waals surface area contributed by atoms with E-state index in [-0.39, 0.29) is 5.44 Å². The fourth-order valence-corrected chi connectivity index (χ4v) is 1.32. The largest absolute Gasteiger partial charge is 0.381 e. The van der Waals surface area contributed by atoms with Crippen LogP contribution in [0.3, 0.4) is 0 Å². The zero-order valence-electron chi connectivity index (χ0n) is 4.05. The molecule has 0 aromatic heterocycles. The first-order valence-corrected chi connectivity index (χ1v) is 3.45. The Bertz CT molecular complexity index is 53.7. The van der Waals surface area contributed by atoms with Gasteiger partial charge < -0.3 is 10.4 Å². The highest BCUT2D eigenvalue weighted by molar-refractivity contribution is 7.99. The summed E-state index contributed by atoms with van der Waals surface area (Å²) in [6, 6.07) is 0. The summed E-state index contributed by atoms with van der Waals surface area (Å²) in [6.07, 6.45) is 0. The standard InChI is InChI=1S/C4H9NOS/c6-4-3-5-1-2-7-4/h4-6H,1-3H2/t4-/m0/s1. The van der Waals surface area contributed by atoms with Gasteiger partial charge in [0.1, 0.15) is 5.44 Å². The lowest BCUT2D eigenvalue weighted by molar-refractivity contribution is 0.254. The predicted molar refractivity (Wildman–Crippen MR) is 31.3 cm³/mol. The van der Waals surface area contributed by atoms with Gasteiger partial charge in [0.15, 0.2) is 0 Å². The second-order valence-corrected chi connectivity index (χ2v) is 2.82. The Balaban J connectivity index is 2.12. The molecule has 2 nitrogen and oxygen atoms in total. The fraction of sp³-hybridized carbons (Fsp3) is 1.00. The van der Waals surface area contributed by atoms with E-state index < -0.39 is 0 Å². The summed E-state index contributed by atoms with van der Waals surface area (Å²) in [5.74, 6) is 1.04. The molecule has 1 saturated heterocycles. The summed E-state index contributed by atoms with van der Waals surface area (Å²) in [6.45, 7) is 1.80. The molecule has 7 heavy (non-hydrogen) atoms. The molecule has 0 aromatic carbocycles. The van der Waals surface area contributed by atoms with E-state index in [4.69, 9.17) is 5.11 Å². The van der Waals surface area contributed by atoms with Gasteiger partial charge in [-0.2, -0.15) is 0 Å². The molecule has 0 radical (unpaired) electrons. The molecule has 1 heterocycles. The molecule has 3 heteroatoms. The van der Waals surface area contributed by atoms with Gasteiger partial charge in [-0.1, -0.05) is 0 Å². The Kier molecular flexibility index (Phi) is 1.97. The normalized spacial score (nSPS) is 33.0. The Morgan fingerprint density at radius 3 is 2.86 bits per heavy atom. The van der Waals surface area contributed by atoms with E-state index in [9.17, 15) is 0 Å². The molecule has 0 spiro atoms. The third kappa shape index (κ3) is 1.67. The predicted octanol–water partition coefficient (Wildman–Crippen LogP) is -0.359. The van der Waals surface area contributed by atoms with Crippen molar-refractivity contribution < 1.29 is 5.11 Å². The summed E-state index contributed by atoms with van der Waals surface area (Å²) in [5, 5.41) is 11.9. The number of rotatable bonds is 0. The van der Waals surface area contributed by atoms with E-state index in [0.717, 1.165) is 18.8 Å². The van der Waals surface area contributed by atoms with Gasteiger partial charge >= 0.3 is 0 Å². The minimum absolute atomic E-state index is 0.159. The average molecular weight is 119 g/mol. The van der Waals surface area contributed by atoms with Crippen molar-refractivity contribution >= 4 is 11.8 Å². The van der Waals surface area contributed by atoms with E-state index in [1.807, 2.05) is 0 Å². The average Bonchev–Trinajstić information content (AvgIpc) is 1.69. The smallest absolute Gasteiger partial charge is 0.112 e. The molecule has 0 unspecified atom stereocenters. The van der Waals surface area contributed by atoms with Gasteiger partial charge in [-0.25, -0.2) is 0 Å². The summed E-state index contributed by atoms with van der Waals surface area (Å²) >= 11 is 1.61. The molecule has 0 amide bonds. The van der Waals surface area contributed by atoms with Crippen LogP contribution in [-0.4, -0.2) is 29.4 Å². The van der Waals surface area contributed by atoms with Gasteiger partial charge in [-0.05, 0) is 0 Å². The van der Waals surface area contributed by atoms with Gasteiger partial charge in [0.2, 0.25) is 0 Å². The van der Waals surface area contributed by atoms with Crippen LogP contribution < -0.4 is 5.32 Å². The summed E-state index contributed by atoms with van der Waals surface area (Å²) in [5.41, 5.74) is -0.159. The van der Waals surface area contributed by atoms with E-state index in [0.29, 0.717) is 0 Å². The lowest BCUT2D eigenvalue weighted by Crippen LogP contribution is -2.32. The number of aliphatic hydroxyl groups is 1. The molecular weight excluding hydrogens is 110 g/mol. The molecule has 0 aromatic rings. The van der Waals surface area contributed by atoms with Gasteiger partial charge in [0, 0.05) is 18.8 Å². The lowest BCUT2D eigenvalue weighted by atomic mass is 10.6. The Hall–Kier alpha value is 0.270. The van der Waals surface area contributed by atoms with Crippen LogP contribution in [0.25, 0.3) is 0 Å². The monoisotopic (exact) mass is 119 g/mol. The maximum atomic E-state index is 8.81. The van der Waals surface area contributed by atoms with Crippen LogP contribution in [-0.2, 0) is 0 Å². The van der Waals surface area contributed by atoms with Crippen molar-refractivity contribution in [2.45, 2.75) is 5.44 Å². The maximum absolute atomic E-state index is 8.81.